The lowest BCUT2D eigenvalue weighted by Gasteiger charge is -2.23. The summed E-state index contributed by atoms with van der Waals surface area (Å²) in [6, 6.07) is 4.21. The van der Waals surface area contributed by atoms with Crippen LogP contribution in [0.25, 0.3) is 0 Å². The van der Waals surface area contributed by atoms with Crippen molar-refractivity contribution < 1.29 is 17.9 Å². The smallest absolute Gasteiger partial charge is 0.251 e. The lowest BCUT2D eigenvalue weighted by Crippen LogP contribution is -2.40. The Morgan fingerprint density at radius 1 is 1.48 bits per heavy atom. The number of nitrogens with one attached hydrogen (secondary N) is 1. The highest BCUT2D eigenvalue weighted by molar-refractivity contribution is 7.89. The van der Waals surface area contributed by atoms with Crippen LogP contribution in [0.5, 0.6) is 0 Å². The predicted molar refractivity (Wildman–Crippen MR) is 78.5 cm³/mol. The van der Waals surface area contributed by atoms with Gasteiger partial charge in [-0.3, -0.25) is 4.79 Å². The molecule has 0 aliphatic carbocycles. The Hall–Kier alpha value is -1.44. The number of hydrogen-bond acceptors (Lipinski definition) is 4. The highest BCUT2D eigenvalue weighted by Gasteiger charge is 2.30. The zero-order valence-electron chi connectivity index (χ0n) is 12.2. The van der Waals surface area contributed by atoms with Crippen molar-refractivity contribution in [1.29, 1.82) is 0 Å². The average molecular weight is 312 g/mol. The fourth-order valence-electron chi connectivity index (χ4n) is 2.41. The number of nitrogens with two attached hydrogens (primary N) is 1. The number of ether oxygens (including phenoxy) is 1. The Bertz CT molecular complexity index is 649. The van der Waals surface area contributed by atoms with Gasteiger partial charge in [-0.15, -0.1) is 0 Å². The number of amides is 1. The van der Waals surface area contributed by atoms with E-state index in [4.69, 9.17) is 9.88 Å². The molecule has 1 aromatic carbocycles. The van der Waals surface area contributed by atoms with Crippen LogP contribution in [-0.4, -0.2) is 33.1 Å². The largest absolute Gasteiger partial charge is 0.373 e. The molecule has 21 heavy (non-hydrogen) atoms. The molecule has 1 unspecified atom stereocenters. The summed E-state index contributed by atoms with van der Waals surface area (Å²) in [6.45, 7) is 4.80. The summed E-state index contributed by atoms with van der Waals surface area (Å²) in [6.07, 6.45) is 1.91. The Morgan fingerprint density at radius 2 is 2.19 bits per heavy atom. The van der Waals surface area contributed by atoms with E-state index >= 15 is 0 Å². The van der Waals surface area contributed by atoms with Gasteiger partial charge in [0.2, 0.25) is 10.0 Å². The van der Waals surface area contributed by atoms with Gasteiger partial charge in [-0.05, 0) is 50.5 Å². The first-order valence-corrected chi connectivity index (χ1v) is 8.32. The highest BCUT2D eigenvalue weighted by Crippen LogP contribution is 2.24. The Morgan fingerprint density at radius 3 is 2.71 bits per heavy atom. The van der Waals surface area contributed by atoms with Crippen molar-refractivity contribution in [2.75, 3.05) is 13.2 Å². The summed E-state index contributed by atoms with van der Waals surface area (Å²) in [5.74, 6) is -0.245. The van der Waals surface area contributed by atoms with Gasteiger partial charge in [0.05, 0.1) is 10.5 Å². The van der Waals surface area contributed by atoms with Crippen LogP contribution in [0.1, 0.15) is 35.7 Å². The number of carbonyl (C=O) groups is 1. The van der Waals surface area contributed by atoms with Crippen molar-refractivity contribution >= 4 is 15.9 Å². The van der Waals surface area contributed by atoms with Gasteiger partial charge < -0.3 is 10.1 Å². The Balaban J connectivity index is 2.09. The van der Waals surface area contributed by atoms with Crippen LogP contribution < -0.4 is 10.5 Å². The number of benzene rings is 1. The molecule has 7 heteroatoms. The van der Waals surface area contributed by atoms with Crippen molar-refractivity contribution in [3.05, 3.63) is 29.3 Å². The van der Waals surface area contributed by atoms with Gasteiger partial charge >= 0.3 is 0 Å². The third-order valence-electron chi connectivity index (χ3n) is 3.69. The second-order valence-electron chi connectivity index (χ2n) is 5.61. The minimum absolute atomic E-state index is 0.00244. The van der Waals surface area contributed by atoms with Gasteiger partial charge in [0.15, 0.2) is 0 Å². The SMILES string of the molecule is Cc1cc(S(N)(=O)=O)ccc1C(=O)NCC1(C)CCCO1. The van der Waals surface area contributed by atoms with Crippen LogP contribution in [0.3, 0.4) is 0 Å². The maximum absolute atomic E-state index is 12.2. The second-order valence-corrected chi connectivity index (χ2v) is 7.17. The molecule has 6 nitrogen and oxygen atoms in total. The number of carbonyl (C=O) groups excluding carboxylic acids is 1. The van der Waals surface area contributed by atoms with Crippen molar-refractivity contribution in [2.24, 2.45) is 5.14 Å². The lowest BCUT2D eigenvalue weighted by molar-refractivity contribution is 0.0206. The predicted octanol–water partition coefficient (Wildman–Crippen LogP) is 0.941. The first-order valence-electron chi connectivity index (χ1n) is 6.77. The molecule has 1 fully saturated rings. The summed E-state index contributed by atoms with van der Waals surface area (Å²) >= 11 is 0. The molecule has 1 aromatic rings. The molecule has 1 amide bonds. The van der Waals surface area contributed by atoms with E-state index in [9.17, 15) is 13.2 Å². The topological polar surface area (TPSA) is 98.5 Å². The van der Waals surface area contributed by atoms with Crippen LogP contribution in [0.2, 0.25) is 0 Å². The van der Waals surface area contributed by atoms with Crippen LogP contribution >= 0.6 is 0 Å². The van der Waals surface area contributed by atoms with Crippen LogP contribution in [0.4, 0.5) is 0 Å². The average Bonchev–Trinajstić information content (AvgIpc) is 2.82. The summed E-state index contributed by atoms with van der Waals surface area (Å²) < 4.78 is 28.1. The fourth-order valence-corrected chi connectivity index (χ4v) is 3.01. The van der Waals surface area contributed by atoms with E-state index in [1.54, 1.807) is 6.92 Å². The normalized spacial score (nSPS) is 22.2. The minimum Gasteiger partial charge on any atom is -0.373 e. The van der Waals surface area contributed by atoms with E-state index in [0.717, 1.165) is 12.8 Å². The van der Waals surface area contributed by atoms with Gasteiger partial charge in [-0.25, -0.2) is 13.6 Å². The van der Waals surface area contributed by atoms with Crippen LogP contribution in [0.15, 0.2) is 23.1 Å². The van der Waals surface area contributed by atoms with E-state index in [1.807, 2.05) is 6.92 Å². The third-order valence-corrected chi connectivity index (χ3v) is 4.61. The minimum atomic E-state index is -3.75. The Kier molecular flexibility index (Phi) is 4.36. The molecule has 2 rings (SSSR count). The van der Waals surface area contributed by atoms with Crippen LogP contribution in [-0.2, 0) is 14.8 Å². The maximum atomic E-state index is 12.2. The molecule has 1 saturated heterocycles. The van der Waals surface area contributed by atoms with E-state index in [0.29, 0.717) is 24.3 Å². The second kappa shape index (κ2) is 5.75. The number of primary sulfonamides is 1. The lowest BCUT2D eigenvalue weighted by atomic mass is 10.0. The zero-order chi connectivity index (χ0) is 15.7. The monoisotopic (exact) mass is 312 g/mol. The van der Waals surface area contributed by atoms with Crippen LogP contribution in [0, 0.1) is 6.92 Å². The third kappa shape index (κ3) is 3.81. The molecule has 0 bridgehead atoms. The first-order chi connectivity index (χ1) is 9.71. The van der Waals surface area contributed by atoms with Crippen molar-refractivity contribution in [2.45, 2.75) is 37.2 Å². The summed E-state index contributed by atoms with van der Waals surface area (Å²) in [7, 11) is -3.75. The molecule has 1 atom stereocenters. The number of hydrogen-bond donors (Lipinski definition) is 2. The van der Waals surface area contributed by atoms with E-state index < -0.39 is 10.0 Å². The van der Waals surface area contributed by atoms with E-state index in [2.05, 4.69) is 5.32 Å². The summed E-state index contributed by atoms with van der Waals surface area (Å²) in [5, 5.41) is 7.90. The maximum Gasteiger partial charge on any atom is 0.251 e. The molecule has 116 valence electrons. The zero-order valence-corrected chi connectivity index (χ0v) is 13.0. The summed E-state index contributed by atoms with van der Waals surface area (Å²) in [5.41, 5.74) is 0.685. The van der Waals surface area contributed by atoms with Gasteiger partial charge in [0.1, 0.15) is 0 Å². The van der Waals surface area contributed by atoms with Crippen molar-refractivity contribution in [3.8, 4) is 0 Å². The molecule has 0 saturated carbocycles. The highest BCUT2D eigenvalue weighted by atomic mass is 32.2. The molecule has 0 radical (unpaired) electrons. The van der Waals surface area contributed by atoms with Gasteiger partial charge in [0, 0.05) is 18.7 Å². The number of sulfonamides is 1. The molecule has 1 aliphatic rings. The molecule has 1 heterocycles. The fraction of sp³-hybridized carbons (Fsp3) is 0.500. The molecule has 0 aromatic heterocycles. The molecule has 0 spiro atoms. The summed E-state index contributed by atoms with van der Waals surface area (Å²) in [4.78, 5) is 12.2. The molecule has 3 N–H and O–H groups in total. The molecule has 1 aliphatic heterocycles. The molecular weight excluding hydrogens is 292 g/mol. The first kappa shape index (κ1) is 15.9. The number of aryl methyl sites for hydroxylation is 1. The standard InChI is InChI=1S/C14H20N2O4S/c1-10-8-11(21(15,18)19)4-5-12(10)13(17)16-9-14(2)6-3-7-20-14/h4-5,8H,3,6-7,9H2,1-2H3,(H,16,17)(H2,15,18,19). The van der Waals surface area contributed by atoms with Crippen molar-refractivity contribution in [1.82, 2.24) is 5.32 Å². The quantitative estimate of drug-likeness (QED) is 0.864. The molecular formula is C14H20N2O4S. The van der Waals surface area contributed by atoms with Gasteiger partial charge in [-0.1, -0.05) is 0 Å². The van der Waals surface area contributed by atoms with E-state index in [1.165, 1.54) is 18.2 Å². The number of rotatable bonds is 4. The van der Waals surface area contributed by atoms with Crippen molar-refractivity contribution in [3.63, 3.8) is 0 Å². The Labute approximate surface area is 124 Å². The van der Waals surface area contributed by atoms with Gasteiger partial charge in [0.25, 0.3) is 5.91 Å². The van der Waals surface area contributed by atoms with Gasteiger partial charge in [-0.2, -0.15) is 0 Å². The van der Waals surface area contributed by atoms with E-state index in [-0.39, 0.29) is 16.4 Å².